The minimum absolute atomic E-state index is 0.119. The fourth-order valence-corrected chi connectivity index (χ4v) is 3.67. The molecule has 7 heteroatoms. The predicted molar refractivity (Wildman–Crippen MR) is 112 cm³/mol. The van der Waals surface area contributed by atoms with Crippen LogP contribution in [-0.2, 0) is 0 Å². The first kappa shape index (κ1) is 20.5. The van der Waals surface area contributed by atoms with Crippen LogP contribution >= 0.6 is 11.8 Å². The van der Waals surface area contributed by atoms with E-state index in [2.05, 4.69) is 11.1 Å². The Kier molecular flexibility index (Phi) is 6.57. The van der Waals surface area contributed by atoms with Crippen LogP contribution in [0.15, 0.2) is 47.5 Å². The van der Waals surface area contributed by atoms with E-state index in [1.165, 1.54) is 18.9 Å². The number of pyridine rings is 1. The molecular formula is C22H20N2O4S. The van der Waals surface area contributed by atoms with Gasteiger partial charge in [0.1, 0.15) is 28.3 Å². The molecule has 3 rings (SSSR count). The fraction of sp³-hybridized carbons (Fsp3) is 0.227. The van der Waals surface area contributed by atoms with E-state index in [9.17, 15) is 10.1 Å². The minimum Gasteiger partial charge on any atom is -0.497 e. The number of ether oxygens (including phenoxy) is 3. The number of methoxy groups -OCH3 is 2. The lowest BCUT2D eigenvalue weighted by atomic mass is 10.1. The molecule has 148 valence electrons. The Morgan fingerprint density at radius 1 is 1.10 bits per heavy atom. The third kappa shape index (κ3) is 4.61. The van der Waals surface area contributed by atoms with Gasteiger partial charge in [0.25, 0.3) is 0 Å². The number of ketones is 1. The first-order valence-corrected chi connectivity index (χ1v) is 9.93. The Morgan fingerprint density at radius 2 is 1.90 bits per heavy atom. The molecule has 0 N–H and O–H groups in total. The number of Topliss-reactive ketones (excluding diaryl/α,β-unsaturated/α-hetero) is 1. The summed E-state index contributed by atoms with van der Waals surface area (Å²) in [7, 11) is 3.06. The Balaban J connectivity index is 1.85. The van der Waals surface area contributed by atoms with Gasteiger partial charge in [-0.05, 0) is 49.4 Å². The maximum Gasteiger partial charge on any atom is 0.176 e. The van der Waals surface area contributed by atoms with E-state index in [-0.39, 0.29) is 11.5 Å². The average Bonchev–Trinajstić information content (AvgIpc) is 2.76. The van der Waals surface area contributed by atoms with Gasteiger partial charge in [-0.25, -0.2) is 4.98 Å². The fourth-order valence-electron chi connectivity index (χ4n) is 2.83. The molecule has 0 unspecified atom stereocenters. The first-order chi connectivity index (χ1) is 14.1. The number of nitriles is 1. The van der Waals surface area contributed by atoms with Gasteiger partial charge < -0.3 is 14.2 Å². The molecule has 0 amide bonds. The molecule has 29 heavy (non-hydrogen) atoms. The summed E-state index contributed by atoms with van der Waals surface area (Å²) >= 11 is 1.23. The van der Waals surface area contributed by atoms with Crippen LogP contribution in [0.5, 0.6) is 17.2 Å². The molecule has 0 radical (unpaired) electrons. The van der Waals surface area contributed by atoms with E-state index in [1.54, 1.807) is 31.4 Å². The number of fused-ring (bicyclic) bond motifs is 1. The highest BCUT2D eigenvalue weighted by atomic mass is 32.2. The topological polar surface area (TPSA) is 81.4 Å². The Labute approximate surface area is 173 Å². The summed E-state index contributed by atoms with van der Waals surface area (Å²) in [4.78, 5) is 17.3. The van der Waals surface area contributed by atoms with Gasteiger partial charge in [-0.15, -0.1) is 0 Å². The number of carbonyl (C=O) groups is 1. The number of thioether (sulfide) groups is 1. The number of hydrogen-bond donors (Lipinski definition) is 0. The van der Waals surface area contributed by atoms with Crippen molar-refractivity contribution in [2.75, 3.05) is 26.6 Å². The molecule has 0 aliphatic carbocycles. The molecule has 2 aromatic carbocycles. The molecule has 0 bridgehead atoms. The van der Waals surface area contributed by atoms with E-state index < -0.39 is 0 Å². The standard InChI is InChI=1S/C22H20N2O4S/c1-4-28-17-5-7-19-14(10-17)9-15(12-23)22(24-19)29-13-20(25)18-11-16(26-2)6-8-21(18)27-3/h5-11H,4,13H2,1-3H3. The number of hydrogen-bond acceptors (Lipinski definition) is 7. The van der Waals surface area contributed by atoms with Crippen LogP contribution < -0.4 is 14.2 Å². The first-order valence-electron chi connectivity index (χ1n) is 8.95. The third-order valence-corrected chi connectivity index (χ3v) is 5.22. The maximum absolute atomic E-state index is 12.8. The van der Waals surface area contributed by atoms with Crippen LogP contribution in [0.3, 0.4) is 0 Å². The Bertz CT molecular complexity index is 1090. The molecule has 1 heterocycles. The zero-order valence-corrected chi connectivity index (χ0v) is 17.2. The summed E-state index contributed by atoms with van der Waals surface area (Å²) in [5, 5.41) is 10.9. The van der Waals surface area contributed by atoms with Gasteiger partial charge in [-0.2, -0.15) is 5.26 Å². The summed E-state index contributed by atoms with van der Waals surface area (Å²) in [5.74, 6) is 1.76. The number of aromatic nitrogens is 1. The van der Waals surface area contributed by atoms with Gasteiger partial charge in [-0.3, -0.25) is 4.79 Å². The van der Waals surface area contributed by atoms with Gasteiger partial charge >= 0.3 is 0 Å². The monoisotopic (exact) mass is 408 g/mol. The third-order valence-electron chi connectivity index (χ3n) is 4.23. The van der Waals surface area contributed by atoms with Crippen molar-refractivity contribution in [1.82, 2.24) is 4.98 Å². The molecular weight excluding hydrogens is 388 g/mol. The molecule has 0 fully saturated rings. The van der Waals surface area contributed by atoms with Crippen molar-refractivity contribution in [2.24, 2.45) is 0 Å². The summed E-state index contributed by atoms with van der Waals surface area (Å²) in [6.07, 6.45) is 0. The second-order valence-corrected chi connectivity index (χ2v) is 6.98. The van der Waals surface area contributed by atoms with Crippen molar-refractivity contribution >= 4 is 28.4 Å². The van der Waals surface area contributed by atoms with Crippen LogP contribution in [0, 0.1) is 11.3 Å². The minimum atomic E-state index is -0.136. The van der Waals surface area contributed by atoms with Crippen molar-refractivity contribution in [3.8, 4) is 23.3 Å². The lowest BCUT2D eigenvalue weighted by molar-refractivity contribution is 0.101. The zero-order valence-electron chi connectivity index (χ0n) is 16.4. The Morgan fingerprint density at radius 3 is 2.59 bits per heavy atom. The molecule has 0 aliphatic rings. The predicted octanol–water partition coefficient (Wildman–Crippen LogP) is 4.50. The molecule has 0 saturated carbocycles. The van der Waals surface area contributed by atoms with E-state index in [0.29, 0.717) is 34.3 Å². The van der Waals surface area contributed by atoms with Crippen molar-refractivity contribution < 1.29 is 19.0 Å². The van der Waals surface area contributed by atoms with Crippen LogP contribution in [-0.4, -0.2) is 37.3 Å². The average molecular weight is 408 g/mol. The molecule has 0 saturated heterocycles. The van der Waals surface area contributed by atoms with Crippen LogP contribution in [0.1, 0.15) is 22.8 Å². The highest BCUT2D eigenvalue weighted by Gasteiger charge is 2.16. The normalized spacial score (nSPS) is 10.4. The lowest BCUT2D eigenvalue weighted by Gasteiger charge is -2.10. The summed E-state index contributed by atoms with van der Waals surface area (Å²) in [5.41, 5.74) is 1.59. The number of rotatable bonds is 8. The van der Waals surface area contributed by atoms with Crippen molar-refractivity contribution in [3.05, 3.63) is 53.6 Å². The van der Waals surface area contributed by atoms with E-state index in [0.717, 1.165) is 16.7 Å². The second kappa shape index (κ2) is 9.30. The quantitative estimate of drug-likeness (QED) is 0.401. The summed E-state index contributed by atoms with van der Waals surface area (Å²) in [6, 6.07) is 14.5. The summed E-state index contributed by atoms with van der Waals surface area (Å²) in [6.45, 7) is 2.48. The van der Waals surface area contributed by atoms with Gasteiger partial charge in [-0.1, -0.05) is 11.8 Å². The highest BCUT2D eigenvalue weighted by Crippen LogP contribution is 2.30. The van der Waals surface area contributed by atoms with Gasteiger partial charge in [0.05, 0.1) is 43.2 Å². The van der Waals surface area contributed by atoms with E-state index in [4.69, 9.17) is 14.2 Å². The summed E-state index contributed by atoms with van der Waals surface area (Å²) < 4.78 is 16.0. The highest BCUT2D eigenvalue weighted by molar-refractivity contribution is 8.00. The van der Waals surface area contributed by atoms with Crippen molar-refractivity contribution in [2.45, 2.75) is 11.9 Å². The molecule has 3 aromatic rings. The SMILES string of the molecule is CCOc1ccc2nc(SCC(=O)c3cc(OC)ccc3OC)c(C#N)cc2c1. The van der Waals surface area contributed by atoms with Crippen molar-refractivity contribution in [3.63, 3.8) is 0 Å². The largest absolute Gasteiger partial charge is 0.497 e. The molecule has 6 nitrogen and oxygen atoms in total. The zero-order chi connectivity index (χ0) is 20.8. The maximum atomic E-state index is 12.8. The van der Waals surface area contributed by atoms with Crippen LogP contribution in [0.25, 0.3) is 10.9 Å². The van der Waals surface area contributed by atoms with Crippen LogP contribution in [0.2, 0.25) is 0 Å². The van der Waals surface area contributed by atoms with E-state index in [1.807, 2.05) is 25.1 Å². The molecule has 0 aliphatic heterocycles. The second-order valence-electron chi connectivity index (χ2n) is 6.02. The van der Waals surface area contributed by atoms with Gasteiger partial charge in [0.15, 0.2) is 5.78 Å². The van der Waals surface area contributed by atoms with Crippen molar-refractivity contribution in [1.29, 1.82) is 5.26 Å². The number of carbonyl (C=O) groups excluding carboxylic acids is 1. The van der Waals surface area contributed by atoms with Gasteiger partial charge in [0, 0.05) is 5.39 Å². The molecule has 0 atom stereocenters. The van der Waals surface area contributed by atoms with Gasteiger partial charge in [0.2, 0.25) is 0 Å². The van der Waals surface area contributed by atoms with E-state index >= 15 is 0 Å². The number of nitrogens with zero attached hydrogens (tertiary/aromatic N) is 2. The molecule has 0 spiro atoms. The van der Waals surface area contributed by atoms with Crippen LogP contribution in [0.4, 0.5) is 0 Å². The smallest absolute Gasteiger partial charge is 0.176 e. The number of benzene rings is 2. The molecule has 1 aromatic heterocycles. The Hall–Kier alpha value is -3.24. The lowest BCUT2D eigenvalue weighted by Crippen LogP contribution is -2.06.